The molecule has 2 aliphatic rings. The highest BCUT2D eigenvalue weighted by Crippen LogP contribution is 2.19. The summed E-state index contributed by atoms with van der Waals surface area (Å²) >= 11 is 0. The van der Waals surface area contributed by atoms with Crippen molar-refractivity contribution in [3.05, 3.63) is 83.3 Å². The molecule has 0 radical (unpaired) electrons. The number of allylic oxidation sites excluding steroid dienone is 7. The number of hydrogen-bond donors (Lipinski definition) is 3. The highest BCUT2D eigenvalue weighted by Gasteiger charge is 2.22. The van der Waals surface area contributed by atoms with E-state index in [1.807, 2.05) is 18.2 Å². The first-order valence-corrected chi connectivity index (χ1v) is 10.8. The lowest BCUT2D eigenvalue weighted by atomic mass is 10.0. The standard InChI is InChI=1S/C25H29N3O3/c26-16-17-27-24(30)11-2-1-5-18-28-21(14-12-19-7-3-4-9-22(19)28)15-13-20-8-6-10-23(29)25(20)31/h3-4,6-10,12-15,29H,1-2,5,11,16-18,26H2,(H,27,30)/p+1. The fraction of sp³-hybridized carbons (Fsp3) is 0.280. The summed E-state index contributed by atoms with van der Waals surface area (Å²) in [5, 5.41) is 21.4. The molecule has 6 nitrogen and oxygen atoms in total. The lowest BCUT2D eigenvalue weighted by Crippen LogP contribution is -3.05. The monoisotopic (exact) mass is 420 g/mol. The lowest BCUT2D eigenvalue weighted by Gasteiger charge is -2.24. The number of para-hydroxylation sites is 1. The number of quaternary nitrogens is 2. The van der Waals surface area contributed by atoms with E-state index >= 15 is 0 Å². The lowest BCUT2D eigenvalue weighted by molar-refractivity contribution is -0.788. The minimum absolute atomic E-state index is 0.0306. The highest BCUT2D eigenvalue weighted by molar-refractivity contribution is 6.09. The Morgan fingerprint density at radius 1 is 1.13 bits per heavy atom. The van der Waals surface area contributed by atoms with Crippen LogP contribution in [0.1, 0.15) is 31.2 Å². The molecule has 1 aromatic carbocycles. The van der Waals surface area contributed by atoms with E-state index in [4.69, 9.17) is 0 Å². The molecular weight excluding hydrogens is 390 g/mol. The fourth-order valence-corrected chi connectivity index (χ4v) is 3.68. The highest BCUT2D eigenvalue weighted by atomic mass is 16.3. The van der Waals surface area contributed by atoms with E-state index in [0.29, 0.717) is 25.1 Å². The number of aliphatic hydroxyl groups is 1. The van der Waals surface area contributed by atoms with Gasteiger partial charge in [0.15, 0.2) is 5.76 Å². The molecule has 1 unspecified atom stereocenters. The molecule has 1 heterocycles. The predicted molar refractivity (Wildman–Crippen MR) is 121 cm³/mol. The van der Waals surface area contributed by atoms with Gasteiger partial charge in [-0.2, -0.15) is 0 Å². The molecule has 0 fully saturated rings. The molecule has 162 valence electrons. The van der Waals surface area contributed by atoms with Gasteiger partial charge < -0.3 is 15.9 Å². The Bertz CT molecular complexity index is 983. The molecule has 0 aromatic heterocycles. The Morgan fingerprint density at radius 3 is 2.81 bits per heavy atom. The van der Waals surface area contributed by atoms with Gasteiger partial charge in [-0.3, -0.25) is 14.7 Å². The number of fused-ring (bicyclic) bond motifs is 1. The molecular formula is C25H30N3O3+. The molecule has 0 bridgehead atoms. The summed E-state index contributed by atoms with van der Waals surface area (Å²) in [7, 11) is 0. The summed E-state index contributed by atoms with van der Waals surface area (Å²) in [5.41, 5.74) is 7.59. The quantitative estimate of drug-likeness (QED) is 0.242. The average Bonchev–Trinajstić information content (AvgIpc) is 2.79. The van der Waals surface area contributed by atoms with Crippen molar-refractivity contribution in [2.75, 3.05) is 19.6 Å². The van der Waals surface area contributed by atoms with Crippen LogP contribution in [-0.4, -0.2) is 36.4 Å². The minimum atomic E-state index is -0.366. The number of aliphatic imine (C=N–C) groups is 1. The topological polar surface area (TPSA) is 105 Å². The second-order valence-corrected chi connectivity index (χ2v) is 7.57. The summed E-state index contributed by atoms with van der Waals surface area (Å²) in [6.45, 7) is 2.05. The van der Waals surface area contributed by atoms with Crippen LogP contribution in [0.2, 0.25) is 0 Å². The number of nitrogens with zero attached hydrogens (tertiary/aromatic N) is 1. The molecule has 1 aliphatic heterocycles. The van der Waals surface area contributed by atoms with Gasteiger partial charge in [0.1, 0.15) is 11.4 Å². The van der Waals surface area contributed by atoms with E-state index in [-0.39, 0.29) is 17.4 Å². The number of benzene rings is 1. The van der Waals surface area contributed by atoms with Crippen molar-refractivity contribution in [1.82, 2.24) is 0 Å². The smallest absolute Gasteiger partial charge is 0.227 e. The van der Waals surface area contributed by atoms with Gasteiger partial charge in [-0.05, 0) is 55.9 Å². The number of nitrogens with one attached hydrogen (secondary N) is 1. The molecule has 1 atom stereocenters. The summed E-state index contributed by atoms with van der Waals surface area (Å²) in [6.07, 6.45) is 15.9. The van der Waals surface area contributed by atoms with E-state index in [2.05, 4.69) is 35.0 Å². The molecule has 5 N–H and O–H groups in total. The van der Waals surface area contributed by atoms with E-state index in [0.717, 1.165) is 31.5 Å². The maximum absolute atomic E-state index is 12.1. The number of rotatable bonds is 9. The van der Waals surface area contributed by atoms with Gasteiger partial charge in [0.2, 0.25) is 5.78 Å². The number of carbonyl (C=O) groups excluding carboxylic acids is 1. The number of hydrogen-bond acceptors (Lipinski definition) is 4. The molecule has 0 amide bonds. The normalized spacial score (nSPS) is 20.9. The second-order valence-electron chi connectivity index (χ2n) is 7.57. The number of carbonyl (C=O) groups is 1. The van der Waals surface area contributed by atoms with Crippen LogP contribution in [0.3, 0.4) is 0 Å². The van der Waals surface area contributed by atoms with Crippen LogP contribution < -0.4 is 15.7 Å². The first-order valence-electron chi connectivity index (χ1n) is 10.8. The van der Waals surface area contributed by atoms with Crippen LogP contribution >= 0.6 is 0 Å². The minimum Gasteiger partial charge on any atom is -0.862 e. The molecule has 3 rings (SSSR count). The zero-order chi connectivity index (χ0) is 22.1. The van der Waals surface area contributed by atoms with Crippen LogP contribution in [0.4, 0.5) is 5.69 Å². The second kappa shape index (κ2) is 11.2. The first-order chi connectivity index (χ1) is 15.1. The average molecular weight is 421 g/mol. The van der Waals surface area contributed by atoms with Crippen LogP contribution in [0.15, 0.2) is 82.7 Å². The van der Waals surface area contributed by atoms with E-state index in [9.17, 15) is 15.0 Å². The number of aliphatic hydroxyl groups excluding tert-OH is 1. The van der Waals surface area contributed by atoms with Crippen molar-refractivity contribution in [3.8, 4) is 0 Å². The zero-order valence-corrected chi connectivity index (χ0v) is 17.7. The van der Waals surface area contributed by atoms with E-state index in [1.54, 1.807) is 18.2 Å². The Kier molecular flexibility index (Phi) is 8.15. The maximum Gasteiger partial charge on any atom is 0.227 e. The van der Waals surface area contributed by atoms with Crippen LogP contribution in [0.25, 0.3) is 6.08 Å². The van der Waals surface area contributed by atoms with Gasteiger partial charge in [-0.1, -0.05) is 24.3 Å². The maximum atomic E-state index is 12.1. The van der Waals surface area contributed by atoms with Crippen molar-refractivity contribution < 1.29 is 25.6 Å². The van der Waals surface area contributed by atoms with Gasteiger partial charge in [-0.15, -0.1) is 0 Å². The third kappa shape index (κ3) is 6.13. The van der Waals surface area contributed by atoms with Gasteiger partial charge in [0.05, 0.1) is 19.6 Å². The van der Waals surface area contributed by atoms with Crippen molar-refractivity contribution in [3.63, 3.8) is 0 Å². The third-order valence-corrected chi connectivity index (χ3v) is 5.31. The first kappa shape index (κ1) is 22.5. The molecule has 0 saturated heterocycles. The molecule has 0 saturated carbocycles. The zero-order valence-electron chi connectivity index (χ0n) is 17.7. The Hall–Kier alpha value is -3.22. The van der Waals surface area contributed by atoms with Crippen molar-refractivity contribution in [2.45, 2.75) is 25.7 Å². The Balaban J connectivity index is 1.68. The van der Waals surface area contributed by atoms with Gasteiger partial charge in [-0.25, -0.2) is 0 Å². The largest absolute Gasteiger partial charge is 0.862 e. The summed E-state index contributed by atoms with van der Waals surface area (Å²) in [5.74, 6) is -0.635. The fourth-order valence-electron chi connectivity index (χ4n) is 3.68. The Morgan fingerprint density at radius 2 is 1.97 bits per heavy atom. The summed E-state index contributed by atoms with van der Waals surface area (Å²) in [6, 6.07) is 8.28. The van der Waals surface area contributed by atoms with Crippen molar-refractivity contribution in [2.24, 2.45) is 4.99 Å². The van der Waals surface area contributed by atoms with Crippen LogP contribution in [0, 0.1) is 0 Å². The van der Waals surface area contributed by atoms with Crippen molar-refractivity contribution >= 4 is 23.4 Å². The van der Waals surface area contributed by atoms with Gasteiger partial charge >= 0.3 is 0 Å². The van der Waals surface area contributed by atoms with Crippen LogP contribution in [0.5, 0.6) is 0 Å². The SMILES string of the molecule is [NH3+]CCN=C([O-])CCCCC[NH+]1C(=CC=C2C=CC=C(O)C2=O)C=Cc2ccccc21. The Labute approximate surface area is 183 Å². The number of ketones is 1. The summed E-state index contributed by atoms with van der Waals surface area (Å²) in [4.78, 5) is 17.3. The number of unbranched alkanes of at least 4 members (excludes halogenated alkanes) is 2. The van der Waals surface area contributed by atoms with Gasteiger partial charge in [0.25, 0.3) is 0 Å². The molecule has 1 aliphatic carbocycles. The van der Waals surface area contributed by atoms with Crippen LogP contribution in [-0.2, 0) is 4.79 Å². The third-order valence-electron chi connectivity index (χ3n) is 5.31. The van der Waals surface area contributed by atoms with Gasteiger partial charge in [0, 0.05) is 29.4 Å². The van der Waals surface area contributed by atoms with E-state index < -0.39 is 0 Å². The van der Waals surface area contributed by atoms with Crippen molar-refractivity contribution in [1.29, 1.82) is 0 Å². The molecule has 0 spiro atoms. The van der Waals surface area contributed by atoms with E-state index in [1.165, 1.54) is 22.2 Å². The summed E-state index contributed by atoms with van der Waals surface area (Å²) < 4.78 is 0. The molecule has 6 heteroatoms. The molecule has 31 heavy (non-hydrogen) atoms. The number of Topliss-reactive ketones (excluding diaryl/α,β-unsaturated/α-hetero) is 1. The molecule has 1 aromatic rings. The predicted octanol–water partition coefficient (Wildman–Crippen LogP) is 1.18.